The van der Waals surface area contributed by atoms with E-state index < -0.39 is 0 Å². The lowest BCUT2D eigenvalue weighted by Crippen LogP contribution is -2.19. The molecule has 0 radical (unpaired) electrons. The smallest absolute Gasteiger partial charge is 0.271 e. The Morgan fingerprint density at radius 3 is 2.44 bits per heavy atom. The average molecular weight is 350 g/mol. The lowest BCUT2D eigenvalue weighted by molar-refractivity contribution is 0.0957. The summed E-state index contributed by atoms with van der Waals surface area (Å²) in [4.78, 5) is 13.9. The van der Waals surface area contributed by atoms with Gasteiger partial charge in [-0.15, -0.1) is 10.2 Å². The van der Waals surface area contributed by atoms with Crippen molar-refractivity contribution in [1.82, 2.24) is 15.5 Å². The Morgan fingerprint density at radius 2 is 1.72 bits per heavy atom. The molecule has 6 heteroatoms. The van der Waals surface area contributed by atoms with Crippen molar-refractivity contribution in [3.05, 3.63) is 78.0 Å². The van der Waals surface area contributed by atoms with Gasteiger partial charge in [-0.25, -0.2) is 0 Å². The van der Waals surface area contributed by atoms with Crippen LogP contribution in [0.3, 0.4) is 0 Å². The van der Waals surface area contributed by atoms with Gasteiger partial charge in [-0.2, -0.15) is 0 Å². The number of carbonyl (C=O) groups excluding carboxylic acids is 1. The maximum absolute atomic E-state index is 11.5. The molecule has 0 fully saturated rings. The minimum Gasteiger partial charge on any atom is -0.364 e. The Bertz CT molecular complexity index is 838. The van der Waals surface area contributed by atoms with Crippen LogP contribution in [0.2, 0.25) is 0 Å². The largest absolute Gasteiger partial charge is 0.364 e. The van der Waals surface area contributed by atoms with Crippen LogP contribution in [0, 0.1) is 0 Å². The minimum absolute atomic E-state index is 0.247. The van der Waals surface area contributed by atoms with Crippen LogP contribution in [0.1, 0.15) is 16.1 Å². The van der Waals surface area contributed by atoms with Crippen LogP contribution in [0.25, 0.3) is 0 Å². The number of aromatic nitrogens is 2. The van der Waals surface area contributed by atoms with Crippen molar-refractivity contribution in [1.29, 1.82) is 0 Å². The third-order valence-electron chi connectivity index (χ3n) is 3.53. The van der Waals surface area contributed by atoms with E-state index in [2.05, 4.69) is 45.1 Å². The highest BCUT2D eigenvalue weighted by molar-refractivity contribution is 7.99. The first-order chi connectivity index (χ1) is 12.3. The van der Waals surface area contributed by atoms with Crippen LogP contribution in [0.4, 0.5) is 5.82 Å². The maximum Gasteiger partial charge on any atom is 0.271 e. The van der Waals surface area contributed by atoms with E-state index in [1.54, 1.807) is 30.9 Å². The second-order valence-electron chi connectivity index (χ2n) is 5.26. The number of nitrogens with zero attached hydrogens (tertiary/aromatic N) is 2. The van der Waals surface area contributed by atoms with Gasteiger partial charge in [0.05, 0.1) is 0 Å². The highest BCUT2D eigenvalue weighted by Crippen LogP contribution is 2.30. The molecule has 0 unspecified atom stereocenters. The zero-order valence-corrected chi connectivity index (χ0v) is 14.6. The van der Waals surface area contributed by atoms with Crippen LogP contribution < -0.4 is 10.6 Å². The predicted molar refractivity (Wildman–Crippen MR) is 99.8 cm³/mol. The van der Waals surface area contributed by atoms with Gasteiger partial charge in [-0.1, -0.05) is 48.2 Å². The molecule has 0 aliphatic rings. The van der Waals surface area contributed by atoms with E-state index in [0.717, 1.165) is 0 Å². The molecule has 25 heavy (non-hydrogen) atoms. The minimum atomic E-state index is -0.247. The van der Waals surface area contributed by atoms with Gasteiger partial charge in [0, 0.05) is 23.4 Å². The Kier molecular flexibility index (Phi) is 5.64. The number of hydrogen-bond acceptors (Lipinski definition) is 5. The molecule has 0 saturated heterocycles. The number of hydrogen-bond donors (Lipinski definition) is 2. The molecule has 0 aliphatic heterocycles. The molecule has 1 heterocycles. The third kappa shape index (κ3) is 4.58. The lowest BCUT2D eigenvalue weighted by atomic mass is 10.2. The summed E-state index contributed by atoms with van der Waals surface area (Å²) >= 11 is 1.73. The summed E-state index contributed by atoms with van der Waals surface area (Å²) in [5.74, 6) is 0.385. The second kappa shape index (κ2) is 8.30. The number of amides is 1. The first kappa shape index (κ1) is 17.0. The fourth-order valence-electron chi connectivity index (χ4n) is 2.23. The lowest BCUT2D eigenvalue weighted by Gasteiger charge is -2.10. The molecule has 3 aromatic rings. The van der Waals surface area contributed by atoms with E-state index >= 15 is 0 Å². The number of anilines is 1. The summed E-state index contributed by atoms with van der Waals surface area (Å²) in [5.41, 5.74) is 1.47. The quantitative estimate of drug-likeness (QED) is 0.711. The van der Waals surface area contributed by atoms with E-state index in [1.165, 1.54) is 15.4 Å². The second-order valence-corrected chi connectivity index (χ2v) is 6.37. The summed E-state index contributed by atoms with van der Waals surface area (Å²) in [6, 6.07) is 21.9. The summed E-state index contributed by atoms with van der Waals surface area (Å²) in [7, 11) is 1.57. The van der Waals surface area contributed by atoms with E-state index in [9.17, 15) is 4.79 Å². The molecule has 126 valence electrons. The number of nitrogens with one attached hydrogen (secondary N) is 2. The molecule has 0 spiro atoms. The predicted octanol–water partition coefficient (Wildman–Crippen LogP) is 3.60. The summed E-state index contributed by atoms with van der Waals surface area (Å²) in [5, 5.41) is 13.7. The van der Waals surface area contributed by atoms with Gasteiger partial charge in [-0.3, -0.25) is 4.79 Å². The van der Waals surface area contributed by atoms with Gasteiger partial charge < -0.3 is 10.6 Å². The van der Waals surface area contributed by atoms with Gasteiger partial charge in [0.15, 0.2) is 5.69 Å². The van der Waals surface area contributed by atoms with Crippen LogP contribution in [-0.4, -0.2) is 23.2 Å². The molecule has 0 saturated carbocycles. The molecule has 0 atom stereocenters. The molecule has 1 aromatic heterocycles. The van der Waals surface area contributed by atoms with Crippen molar-refractivity contribution in [3.8, 4) is 0 Å². The normalized spacial score (nSPS) is 10.3. The zero-order valence-electron chi connectivity index (χ0n) is 13.8. The monoisotopic (exact) mass is 350 g/mol. The molecule has 0 bridgehead atoms. The van der Waals surface area contributed by atoms with Crippen LogP contribution in [0.15, 0.2) is 76.5 Å². The van der Waals surface area contributed by atoms with E-state index in [1.807, 2.05) is 30.3 Å². The summed E-state index contributed by atoms with van der Waals surface area (Å²) < 4.78 is 0. The SMILES string of the molecule is CNC(=O)c1ccc(NCc2ccccc2Sc2ccccc2)nn1. The van der Waals surface area contributed by atoms with Gasteiger partial charge >= 0.3 is 0 Å². The van der Waals surface area contributed by atoms with Gasteiger partial charge in [0.1, 0.15) is 5.82 Å². The van der Waals surface area contributed by atoms with Gasteiger partial charge in [0.2, 0.25) is 0 Å². The van der Waals surface area contributed by atoms with Crippen LogP contribution in [-0.2, 0) is 6.54 Å². The Balaban J connectivity index is 1.68. The highest BCUT2D eigenvalue weighted by Gasteiger charge is 2.07. The third-order valence-corrected chi connectivity index (χ3v) is 4.65. The van der Waals surface area contributed by atoms with E-state index in [4.69, 9.17) is 0 Å². The van der Waals surface area contributed by atoms with E-state index in [0.29, 0.717) is 18.1 Å². The van der Waals surface area contributed by atoms with Crippen molar-refractivity contribution in [2.75, 3.05) is 12.4 Å². The van der Waals surface area contributed by atoms with Gasteiger partial charge in [-0.05, 0) is 35.9 Å². The van der Waals surface area contributed by atoms with Crippen LogP contribution in [0.5, 0.6) is 0 Å². The Labute approximate surface area is 150 Å². The molecular formula is C19H18N4OS. The Hall–Kier alpha value is -2.86. The first-order valence-corrected chi connectivity index (χ1v) is 8.68. The fourth-order valence-corrected chi connectivity index (χ4v) is 3.19. The molecular weight excluding hydrogens is 332 g/mol. The molecule has 5 nitrogen and oxygen atoms in total. The summed E-state index contributed by atoms with van der Waals surface area (Å²) in [6.45, 7) is 0.629. The number of rotatable bonds is 6. The van der Waals surface area contributed by atoms with Crippen molar-refractivity contribution >= 4 is 23.5 Å². The van der Waals surface area contributed by atoms with Gasteiger partial charge in [0.25, 0.3) is 5.91 Å². The van der Waals surface area contributed by atoms with Crippen molar-refractivity contribution in [2.45, 2.75) is 16.3 Å². The molecule has 2 aromatic carbocycles. The first-order valence-electron chi connectivity index (χ1n) is 7.87. The fraction of sp³-hybridized carbons (Fsp3) is 0.105. The molecule has 3 rings (SSSR count). The highest BCUT2D eigenvalue weighted by atomic mass is 32.2. The standard InChI is InChI=1S/C19H18N4OS/c1-20-19(24)16-11-12-18(23-22-16)21-13-14-7-5-6-10-17(14)25-15-8-3-2-4-9-15/h2-12H,13H2,1H3,(H,20,24)(H,21,23). The summed E-state index contributed by atoms with van der Waals surface area (Å²) in [6.07, 6.45) is 0. The van der Waals surface area contributed by atoms with Crippen molar-refractivity contribution in [2.24, 2.45) is 0 Å². The topological polar surface area (TPSA) is 66.9 Å². The number of benzene rings is 2. The average Bonchev–Trinajstić information content (AvgIpc) is 2.68. The molecule has 1 amide bonds. The van der Waals surface area contributed by atoms with Crippen molar-refractivity contribution in [3.63, 3.8) is 0 Å². The maximum atomic E-state index is 11.5. The zero-order chi connectivity index (χ0) is 17.5. The number of carbonyl (C=O) groups is 1. The van der Waals surface area contributed by atoms with Crippen molar-refractivity contribution < 1.29 is 4.79 Å². The van der Waals surface area contributed by atoms with Crippen LogP contribution >= 0.6 is 11.8 Å². The Morgan fingerprint density at radius 1 is 0.960 bits per heavy atom. The van der Waals surface area contributed by atoms with E-state index in [-0.39, 0.29) is 5.91 Å². The molecule has 0 aliphatic carbocycles. The molecule has 2 N–H and O–H groups in total.